The predicted molar refractivity (Wildman–Crippen MR) is 81.6 cm³/mol. The van der Waals surface area contributed by atoms with E-state index in [0.717, 1.165) is 45.0 Å². The predicted octanol–water partition coefficient (Wildman–Crippen LogP) is 2.81. The van der Waals surface area contributed by atoms with E-state index in [1.807, 2.05) is 6.07 Å². The van der Waals surface area contributed by atoms with Crippen LogP contribution in [0.1, 0.15) is 32.8 Å². The van der Waals surface area contributed by atoms with E-state index >= 15 is 0 Å². The molecule has 0 amide bonds. The number of benzene rings is 1. The molecule has 1 aromatic carbocycles. The molecule has 1 rings (SSSR count). The third kappa shape index (κ3) is 7.85. The van der Waals surface area contributed by atoms with Crippen molar-refractivity contribution in [2.24, 2.45) is 5.92 Å². The van der Waals surface area contributed by atoms with E-state index in [4.69, 9.17) is 4.74 Å². The maximum absolute atomic E-state index is 5.63. The van der Waals surface area contributed by atoms with Crippen LogP contribution >= 0.6 is 0 Å². The lowest BCUT2D eigenvalue weighted by atomic mass is 10.2. The molecule has 0 fully saturated rings. The van der Waals surface area contributed by atoms with Crippen molar-refractivity contribution in [3.05, 3.63) is 29.8 Å². The van der Waals surface area contributed by atoms with Crippen LogP contribution in [0.5, 0.6) is 5.75 Å². The van der Waals surface area contributed by atoms with Gasteiger partial charge in [0, 0.05) is 19.6 Å². The van der Waals surface area contributed by atoms with Gasteiger partial charge in [0.05, 0.1) is 6.61 Å². The van der Waals surface area contributed by atoms with Gasteiger partial charge in [-0.15, -0.1) is 0 Å². The lowest BCUT2D eigenvalue weighted by Crippen LogP contribution is -2.29. The Hall–Kier alpha value is -1.06. The fourth-order valence-electron chi connectivity index (χ4n) is 1.77. The maximum Gasteiger partial charge on any atom is 0.119 e. The number of hydrogen-bond acceptors (Lipinski definition) is 3. The van der Waals surface area contributed by atoms with Gasteiger partial charge in [0.25, 0.3) is 0 Å². The van der Waals surface area contributed by atoms with E-state index in [1.165, 1.54) is 5.56 Å². The van der Waals surface area contributed by atoms with E-state index < -0.39 is 0 Å². The molecule has 2 N–H and O–H groups in total. The summed E-state index contributed by atoms with van der Waals surface area (Å²) in [6.07, 6.45) is 1.05. The Morgan fingerprint density at radius 2 is 1.95 bits per heavy atom. The largest absolute Gasteiger partial charge is 0.494 e. The van der Waals surface area contributed by atoms with Crippen LogP contribution in [-0.4, -0.2) is 26.2 Å². The molecular weight excluding hydrogens is 236 g/mol. The quantitative estimate of drug-likeness (QED) is 0.638. The first-order valence-corrected chi connectivity index (χ1v) is 7.35. The molecular formula is C16H28N2O. The van der Waals surface area contributed by atoms with Crippen molar-refractivity contribution in [1.29, 1.82) is 0 Å². The molecule has 0 heterocycles. The molecule has 0 bridgehead atoms. The standard InChI is InChI=1S/C16H28N2O/c1-4-10-19-16-7-5-6-15(11-16)13-18-9-8-17-12-14(2)3/h5-7,11,14,17-18H,4,8-10,12-13H2,1-3H3. The van der Waals surface area contributed by atoms with Crippen molar-refractivity contribution in [2.75, 3.05) is 26.2 Å². The van der Waals surface area contributed by atoms with Gasteiger partial charge >= 0.3 is 0 Å². The van der Waals surface area contributed by atoms with Crippen molar-refractivity contribution >= 4 is 0 Å². The third-order valence-corrected chi connectivity index (χ3v) is 2.73. The van der Waals surface area contributed by atoms with E-state index in [1.54, 1.807) is 0 Å². The molecule has 3 nitrogen and oxygen atoms in total. The van der Waals surface area contributed by atoms with E-state index in [-0.39, 0.29) is 0 Å². The Labute approximate surface area is 117 Å². The summed E-state index contributed by atoms with van der Waals surface area (Å²) in [6, 6.07) is 8.32. The zero-order valence-corrected chi connectivity index (χ0v) is 12.5. The number of nitrogens with one attached hydrogen (secondary N) is 2. The molecule has 0 unspecified atom stereocenters. The van der Waals surface area contributed by atoms with E-state index in [2.05, 4.69) is 49.6 Å². The fourth-order valence-corrected chi connectivity index (χ4v) is 1.77. The molecule has 19 heavy (non-hydrogen) atoms. The highest BCUT2D eigenvalue weighted by molar-refractivity contribution is 5.28. The van der Waals surface area contributed by atoms with Gasteiger partial charge < -0.3 is 15.4 Å². The molecule has 3 heteroatoms. The van der Waals surface area contributed by atoms with Crippen LogP contribution in [0.25, 0.3) is 0 Å². The van der Waals surface area contributed by atoms with Gasteiger partial charge in [-0.1, -0.05) is 32.9 Å². The Morgan fingerprint density at radius 3 is 2.68 bits per heavy atom. The average molecular weight is 264 g/mol. The molecule has 0 saturated carbocycles. The minimum absolute atomic E-state index is 0.715. The second kappa shape index (κ2) is 9.82. The van der Waals surface area contributed by atoms with Gasteiger partial charge in [0.15, 0.2) is 0 Å². The normalized spacial score (nSPS) is 10.9. The Bertz CT molecular complexity index is 339. The summed E-state index contributed by atoms with van der Waals surface area (Å²) in [5, 5.41) is 6.86. The molecule has 0 aliphatic heterocycles. The molecule has 0 aliphatic carbocycles. The molecule has 0 saturated heterocycles. The van der Waals surface area contributed by atoms with Crippen molar-refractivity contribution in [1.82, 2.24) is 10.6 Å². The second-order valence-corrected chi connectivity index (χ2v) is 5.27. The van der Waals surface area contributed by atoms with Crippen molar-refractivity contribution in [3.8, 4) is 5.75 Å². The topological polar surface area (TPSA) is 33.3 Å². The monoisotopic (exact) mass is 264 g/mol. The molecule has 0 aromatic heterocycles. The number of hydrogen-bond donors (Lipinski definition) is 2. The van der Waals surface area contributed by atoms with Crippen LogP contribution in [0, 0.1) is 5.92 Å². The molecule has 0 aliphatic rings. The molecule has 0 radical (unpaired) electrons. The summed E-state index contributed by atoms with van der Waals surface area (Å²) in [5.41, 5.74) is 1.28. The van der Waals surface area contributed by atoms with Gasteiger partial charge in [-0.05, 0) is 36.6 Å². The summed E-state index contributed by atoms with van der Waals surface area (Å²) in [4.78, 5) is 0. The van der Waals surface area contributed by atoms with Gasteiger partial charge in [-0.2, -0.15) is 0 Å². The lowest BCUT2D eigenvalue weighted by molar-refractivity contribution is 0.317. The van der Waals surface area contributed by atoms with Crippen LogP contribution in [0.4, 0.5) is 0 Å². The zero-order chi connectivity index (χ0) is 13.9. The zero-order valence-electron chi connectivity index (χ0n) is 12.5. The first-order valence-electron chi connectivity index (χ1n) is 7.35. The summed E-state index contributed by atoms with van der Waals surface area (Å²) >= 11 is 0. The minimum Gasteiger partial charge on any atom is -0.494 e. The van der Waals surface area contributed by atoms with Crippen LogP contribution in [0.2, 0.25) is 0 Å². The van der Waals surface area contributed by atoms with Crippen LogP contribution in [0.15, 0.2) is 24.3 Å². The molecule has 0 spiro atoms. The molecule has 0 atom stereocenters. The third-order valence-electron chi connectivity index (χ3n) is 2.73. The second-order valence-electron chi connectivity index (χ2n) is 5.27. The summed E-state index contributed by atoms with van der Waals surface area (Å²) in [5.74, 6) is 1.69. The van der Waals surface area contributed by atoms with Crippen molar-refractivity contribution in [2.45, 2.75) is 33.7 Å². The first kappa shape index (κ1) is 16.0. The van der Waals surface area contributed by atoms with Crippen LogP contribution in [-0.2, 0) is 6.54 Å². The van der Waals surface area contributed by atoms with E-state index in [0.29, 0.717) is 5.92 Å². The number of rotatable bonds is 10. The van der Waals surface area contributed by atoms with Crippen molar-refractivity contribution < 1.29 is 4.74 Å². The maximum atomic E-state index is 5.63. The number of ether oxygens (including phenoxy) is 1. The highest BCUT2D eigenvalue weighted by Crippen LogP contribution is 2.13. The van der Waals surface area contributed by atoms with Gasteiger partial charge in [-0.3, -0.25) is 0 Å². The van der Waals surface area contributed by atoms with E-state index in [9.17, 15) is 0 Å². The van der Waals surface area contributed by atoms with Gasteiger partial charge in [0.1, 0.15) is 5.75 Å². The highest BCUT2D eigenvalue weighted by atomic mass is 16.5. The first-order chi connectivity index (χ1) is 9.22. The smallest absolute Gasteiger partial charge is 0.119 e. The van der Waals surface area contributed by atoms with Crippen LogP contribution < -0.4 is 15.4 Å². The average Bonchev–Trinajstić information content (AvgIpc) is 2.40. The lowest BCUT2D eigenvalue weighted by Gasteiger charge is -2.10. The van der Waals surface area contributed by atoms with Crippen molar-refractivity contribution in [3.63, 3.8) is 0 Å². The summed E-state index contributed by atoms with van der Waals surface area (Å²) < 4.78 is 5.63. The minimum atomic E-state index is 0.715. The fraction of sp³-hybridized carbons (Fsp3) is 0.625. The Balaban J connectivity index is 2.18. The summed E-state index contributed by atoms with van der Waals surface area (Å²) in [6.45, 7) is 11.3. The van der Waals surface area contributed by atoms with Gasteiger partial charge in [0.2, 0.25) is 0 Å². The Kier molecular flexibility index (Phi) is 8.26. The van der Waals surface area contributed by atoms with Gasteiger partial charge in [-0.25, -0.2) is 0 Å². The molecule has 108 valence electrons. The van der Waals surface area contributed by atoms with Crippen LogP contribution in [0.3, 0.4) is 0 Å². The molecule has 1 aromatic rings. The SMILES string of the molecule is CCCOc1cccc(CNCCNCC(C)C)c1. The summed E-state index contributed by atoms with van der Waals surface area (Å²) in [7, 11) is 0. The Morgan fingerprint density at radius 1 is 1.16 bits per heavy atom. The highest BCUT2D eigenvalue weighted by Gasteiger charge is 1.97.